The molecule has 0 spiro atoms. The maximum Gasteiger partial charge on any atom is 0.229 e. The zero-order valence-corrected chi connectivity index (χ0v) is 15.3. The van der Waals surface area contributed by atoms with Crippen molar-refractivity contribution in [1.29, 1.82) is 0 Å². The molecule has 2 aromatic carbocycles. The zero-order chi connectivity index (χ0) is 18.0. The minimum Gasteiger partial charge on any atom is -0.326 e. The molecule has 1 aliphatic rings. The molecule has 1 fully saturated rings. The predicted molar refractivity (Wildman–Crippen MR) is 101 cm³/mol. The van der Waals surface area contributed by atoms with Gasteiger partial charge in [0.25, 0.3) is 0 Å². The van der Waals surface area contributed by atoms with Crippen molar-refractivity contribution < 1.29 is 9.59 Å². The third kappa shape index (κ3) is 3.65. The van der Waals surface area contributed by atoms with Crippen molar-refractivity contribution in [3.05, 3.63) is 58.1 Å². The molecule has 1 saturated heterocycles. The lowest BCUT2D eigenvalue weighted by Crippen LogP contribution is -2.28. The molecule has 2 amide bonds. The van der Waals surface area contributed by atoms with Crippen molar-refractivity contribution >= 4 is 46.4 Å². The molecule has 0 aliphatic carbocycles. The fourth-order valence-corrected chi connectivity index (χ4v) is 3.40. The van der Waals surface area contributed by atoms with Gasteiger partial charge in [-0.1, -0.05) is 54.4 Å². The molecule has 0 radical (unpaired) electrons. The number of carbonyl (C=O) groups excluding carboxylic acids is 2. The Morgan fingerprint density at radius 3 is 2.72 bits per heavy atom. The van der Waals surface area contributed by atoms with Gasteiger partial charge in [-0.3, -0.25) is 9.59 Å². The first-order chi connectivity index (χ1) is 12.0. The van der Waals surface area contributed by atoms with Gasteiger partial charge in [0.2, 0.25) is 11.8 Å². The smallest absolute Gasteiger partial charge is 0.229 e. The molecule has 2 aromatic rings. The van der Waals surface area contributed by atoms with Gasteiger partial charge in [-0.2, -0.15) is 0 Å². The van der Waals surface area contributed by atoms with E-state index in [4.69, 9.17) is 23.2 Å². The summed E-state index contributed by atoms with van der Waals surface area (Å²) in [5, 5.41) is 3.66. The van der Waals surface area contributed by atoms with Crippen molar-refractivity contribution in [3.63, 3.8) is 0 Å². The molecule has 1 atom stereocenters. The van der Waals surface area contributed by atoms with E-state index in [1.165, 1.54) is 4.90 Å². The minimum atomic E-state index is -0.424. The monoisotopic (exact) mass is 376 g/mol. The van der Waals surface area contributed by atoms with Gasteiger partial charge in [0.05, 0.1) is 21.7 Å². The Morgan fingerprint density at radius 1 is 1.20 bits per heavy atom. The van der Waals surface area contributed by atoms with Gasteiger partial charge in [-0.05, 0) is 30.2 Å². The second-order valence-corrected chi connectivity index (χ2v) is 6.76. The fraction of sp³-hybridized carbons (Fsp3) is 0.263. The standard InChI is InChI=1S/C19H18Cl2N2O2/c1-2-12-6-3-4-8-15(12)22-19(25)13-10-17(24)23(11-13)16-9-5-7-14(20)18(16)21/h3-9,13H,2,10-11H2,1H3,(H,22,25)/t13-/m0/s1. The maximum absolute atomic E-state index is 12.6. The van der Waals surface area contributed by atoms with E-state index in [1.807, 2.05) is 31.2 Å². The molecule has 1 heterocycles. The Bertz CT molecular complexity index is 823. The van der Waals surface area contributed by atoms with Crippen molar-refractivity contribution in [1.82, 2.24) is 0 Å². The summed E-state index contributed by atoms with van der Waals surface area (Å²) in [6.45, 7) is 2.33. The zero-order valence-electron chi connectivity index (χ0n) is 13.8. The number of hydrogen-bond donors (Lipinski definition) is 1. The van der Waals surface area contributed by atoms with E-state index in [2.05, 4.69) is 5.32 Å². The van der Waals surface area contributed by atoms with Gasteiger partial charge in [0.15, 0.2) is 0 Å². The summed E-state index contributed by atoms with van der Waals surface area (Å²) >= 11 is 12.2. The molecule has 1 aliphatic heterocycles. The van der Waals surface area contributed by atoms with Crippen molar-refractivity contribution in [3.8, 4) is 0 Å². The summed E-state index contributed by atoms with van der Waals surface area (Å²) in [6.07, 6.45) is 0.979. The number of rotatable bonds is 4. The van der Waals surface area contributed by atoms with Crippen molar-refractivity contribution in [2.24, 2.45) is 5.92 Å². The quantitative estimate of drug-likeness (QED) is 0.850. The van der Waals surface area contributed by atoms with Crippen LogP contribution in [0, 0.1) is 5.92 Å². The van der Waals surface area contributed by atoms with E-state index in [-0.39, 0.29) is 18.2 Å². The first kappa shape index (κ1) is 17.8. The molecule has 0 unspecified atom stereocenters. The lowest BCUT2D eigenvalue weighted by Gasteiger charge is -2.19. The number of nitrogens with zero attached hydrogens (tertiary/aromatic N) is 1. The van der Waals surface area contributed by atoms with E-state index in [0.717, 1.165) is 17.7 Å². The Balaban J connectivity index is 1.76. The van der Waals surface area contributed by atoms with Crippen LogP contribution in [0.2, 0.25) is 10.0 Å². The van der Waals surface area contributed by atoms with Crippen LogP contribution < -0.4 is 10.2 Å². The first-order valence-corrected chi connectivity index (χ1v) is 8.90. The summed E-state index contributed by atoms with van der Waals surface area (Å²) < 4.78 is 0. The van der Waals surface area contributed by atoms with E-state index in [1.54, 1.807) is 18.2 Å². The number of para-hydroxylation sites is 1. The number of benzene rings is 2. The highest BCUT2D eigenvalue weighted by Gasteiger charge is 2.36. The summed E-state index contributed by atoms with van der Waals surface area (Å²) in [6, 6.07) is 12.8. The van der Waals surface area contributed by atoms with Crippen LogP contribution >= 0.6 is 23.2 Å². The lowest BCUT2D eigenvalue weighted by molar-refractivity contribution is -0.122. The Hall–Kier alpha value is -2.04. The number of nitrogens with one attached hydrogen (secondary N) is 1. The van der Waals surface area contributed by atoms with Gasteiger partial charge in [0, 0.05) is 18.7 Å². The highest BCUT2D eigenvalue weighted by atomic mass is 35.5. The summed E-state index contributed by atoms with van der Waals surface area (Å²) in [5.74, 6) is -0.713. The number of halogens is 2. The lowest BCUT2D eigenvalue weighted by atomic mass is 10.1. The molecule has 6 heteroatoms. The van der Waals surface area contributed by atoms with Gasteiger partial charge in [0.1, 0.15) is 0 Å². The van der Waals surface area contributed by atoms with Crippen LogP contribution in [0.4, 0.5) is 11.4 Å². The second-order valence-electron chi connectivity index (χ2n) is 5.98. The summed E-state index contributed by atoms with van der Waals surface area (Å²) in [4.78, 5) is 26.5. The van der Waals surface area contributed by atoms with Crippen LogP contribution in [0.3, 0.4) is 0 Å². The highest BCUT2D eigenvalue weighted by molar-refractivity contribution is 6.44. The number of hydrogen-bond acceptors (Lipinski definition) is 2. The third-order valence-corrected chi connectivity index (χ3v) is 5.18. The largest absolute Gasteiger partial charge is 0.326 e. The molecular weight excluding hydrogens is 359 g/mol. The molecule has 4 nitrogen and oxygen atoms in total. The number of amides is 2. The van der Waals surface area contributed by atoms with Crippen molar-refractivity contribution in [2.75, 3.05) is 16.8 Å². The molecule has 1 N–H and O–H groups in total. The average molecular weight is 377 g/mol. The Labute approximate surface area is 156 Å². The molecule has 0 saturated carbocycles. The minimum absolute atomic E-state index is 0.131. The SMILES string of the molecule is CCc1ccccc1NC(=O)[C@H]1CC(=O)N(c2cccc(Cl)c2Cl)C1. The van der Waals surface area contributed by atoms with Crippen molar-refractivity contribution in [2.45, 2.75) is 19.8 Å². The van der Waals surface area contributed by atoms with Crippen LogP contribution in [0.1, 0.15) is 18.9 Å². The van der Waals surface area contributed by atoms with E-state index < -0.39 is 5.92 Å². The van der Waals surface area contributed by atoms with Gasteiger partial charge in [-0.15, -0.1) is 0 Å². The fourth-order valence-electron chi connectivity index (χ4n) is 3.00. The van der Waals surface area contributed by atoms with E-state index in [0.29, 0.717) is 22.3 Å². The Kier molecular flexibility index (Phi) is 5.30. The van der Waals surface area contributed by atoms with Gasteiger partial charge >= 0.3 is 0 Å². The molecular formula is C19H18Cl2N2O2. The second kappa shape index (κ2) is 7.46. The molecule has 0 bridgehead atoms. The summed E-state index contributed by atoms with van der Waals surface area (Å²) in [5.41, 5.74) is 2.40. The first-order valence-electron chi connectivity index (χ1n) is 8.14. The van der Waals surface area contributed by atoms with Crippen LogP contribution in [0.15, 0.2) is 42.5 Å². The van der Waals surface area contributed by atoms with Gasteiger partial charge in [-0.25, -0.2) is 0 Å². The maximum atomic E-state index is 12.6. The topological polar surface area (TPSA) is 49.4 Å². The number of anilines is 2. The predicted octanol–water partition coefficient (Wildman–Crippen LogP) is 4.55. The molecule has 25 heavy (non-hydrogen) atoms. The number of aryl methyl sites for hydroxylation is 1. The van der Waals surface area contributed by atoms with Crippen LogP contribution in [0.5, 0.6) is 0 Å². The molecule has 130 valence electrons. The Morgan fingerprint density at radius 2 is 1.96 bits per heavy atom. The van der Waals surface area contributed by atoms with Crippen LogP contribution in [-0.4, -0.2) is 18.4 Å². The summed E-state index contributed by atoms with van der Waals surface area (Å²) in [7, 11) is 0. The highest BCUT2D eigenvalue weighted by Crippen LogP contribution is 2.36. The molecule has 3 rings (SSSR count). The van der Waals surface area contributed by atoms with Gasteiger partial charge < -0.3 is 10.2 Å². The van der Waals surface area contributed by atoms with E-state index >= 15 is 0 Å². The molecule has 0 aromatic heterocycles. The number of carbonyl (C=O) groups is 2. The normalized spacial score (nSPS) is 17.0. The average Bonchev–Trinajstić information content (AvgIpc) is 2.99. The third-order valence-electron chi connectivity index (χ3n) is 4.37. The van der Waals surface area contributed by atoms with E-state index in [9.17, 15) is 9.59 Å². The van der Waals surface area contributed by atoms with Crippen LogP contribution in [0.25, 0.3) is 0 Å². The van der Waals surface area contributed by atoms with Crippen LogP contribution in [-0.2, 0) is 16.0 Å².